The van der Waals surface area contributed by atoms with Crippen LogP contribution >= 0.6 is 0 Å². The largest absolute Gasteiger partial charge is 0.497 e. The highest BCUT2D eigenvalue weighted by molar-refractivity contribution is 7.93. The smallest absolute Gasteiger partial charge is 0.261 e. The molecule has 0 unspecified atom stereocenters. The summed E-state index contributed by atoms with van der Waals surface area (Å²) >= 11 is 0. The van der Waals surface area contributed by atoms with Crippen LogP contribution in [0.5, 0.6) is 11.5 Å². The molecule has 0 spiro atoms. The van der Waals surface area contributed by atoms with E-state index in [4.69, 9.17) is 9.47 Å². The first-order chi connectivity index (χ1) is 14.2. The number of anilines is 2. The molecule has 3 rings (SSSR count). The van der Waals surface area contributed by atoms with Crippen molar-refractivity contribution in [1.29, 1.82) is 0 Å². The molecule has 8 nitrogen and oxygen atoms in total. The molecule has 0 atom stereocenters. The van der Waals surface area contributed by atoms with E-state index in [0.717, 1.165) is 0 Å². The van der Waals surface area contributed by atoms with Crippen LogP contribution < -0.4 is 18.9 Å². The van der Waals surface area contributed by atoms with E-state index in [9.17, 15) is 16.8 Å². The topological polar surface area (TPSA) is 111 Å². The second kappa shape index (κ2) is 8.64. The number of hydrogen-bond acceptors (Lipinski definition) is 6. The highest BCUT2D eigenvalue weighted by Crippen LogP contribution is 2.28. The number of rotatable bonds is 8. The van der Waals surface area contributed by atoms with Crippen LogP contribution in [0, 0.1) is 0 Å². The van der Waals surface area contributed by atoms with Gasteiger partial charge in [-0.15, -0.1) is 0 Å². The molecular formula is C20H20N2O6S2. The van der Waals surface area contributed by atoms with Crippen molar-refractivity contribution in [3.8, 4) is 11.5 Å². The van der Waals surface area contributed by atoms with Crippen LogP contribution in [0.4, 0.5) is 11.4 Å². The molecule has 0 amide bonds. The van der Waals surface area contributed by atoms with Gasteiger partial charge in [-0.1, -0.05) is 12.1 Å². The summed E-state index contributed by atoms with van der Waals surface area (Å²) in [6.45, 7) is 0. The predicted molar refractivity (Wildman–Crippen MR) is 114 cm³/mol. The Hall–Kier alpha value is -3.24. The van der Waals surface area contributed by atoms with Gasteiger partial charge in [0.1, 0.15) is 11.5 Å². The molecule has 0 aliphatic carbocycles. The van der Waals surface area contributed by atoms with Crippen molar-refractivity contribution in [3.05, 3.63) is 72.8 Å². The van der Waals surface area contributed by atoms with Crippen molar-refractivity contribution >= 4 is 31.4 Å². The van der Waals surface area contributed by atoms with Crippen molar-refractivity contribution in [1.82, 2.24) is 0 Å². The van der Waals surface area contributed by atoms with Gasteiger partial charge < -0.3 is 9.47 Å². The lowest BCUT2D eigenvalue weighted by atomic mass is 10.3. The summed E-state index contributed by atoms with van der Waals surface area (Å²) in [6.07, 6.45) is 0. The van der Waals surface area contributed by atoms with Crippen LogP contribution in [-0.2, 0) is 20.0 Å². The molecule has 0 bridgehead atoms. The Morgan fingerprint density at radius 1 is 0.567 bits per heavy atom. The third-order valence-electron chi connectivity index (χ3n) is 4.16. The van der Waals surface area contributed by atoms with Gasteiger partial charge in [0.2, 0.25) is 0 Å². The predicted octanol–water partition coefficient (Wildman–Crippen LogP) is 3.31. The third kappa shape index (κ3) is 4.84. The highest BCUT2D eigenvalue weighted by Gasteiger charge is 2.20. The summed E-state index contributed by atoms with van der Waals surface area (Å²) in [5.74, 6) is 1.03. The molecule has 0 saturated heterocycles. The van der Waals surface area contributed by atoms with Crippen LogP contribution in [0.15, 0.2) is 82.6 Å². The van der Waals surface area contributed by atoms with E-state index in [2.05, 4.69) is 9.44 Å². The fourth-order valence-electron chi connectivity index (χ4n) is 2.58. The fourth-order valence-corrected chi connectivity index (χ4v) is 4.74. The summed E-state index contributed by atoms with van der Waals surface area (Å²) < 4.78 is 65.8. The molecule has 2 N–H and O–H groups in total. The SMILES string of the molecule is COc1ccc(S(=O)(=O)Nc2ccccc2NS(=O)(=O)c2ccc(OC)cc2)cc1. The first-order valence-electron chi connectivity index (χ1n) is 8.68. The molecule has 0 fully saturated rings. The van der Waals surface area contributed by atoms with Crippen LogP contribution in [0.25, 0.3) is 0 Å². The van der Waals surface area contributed by atoms with E-state index in [1.165, 1.54) is 74.9 Å². The maximum absolute atomic E-state index is 12.7. The van der Waals surface area contributed by atoms with Gasteiger partial charge >= 0.3 is 0 Å². The lowest BCUT2D eigenvalue weighted by Gasteiger charge is -2.15. The number of benzene rings is 3. The summed E-state index contributed by atoms with van der Waals surface area (Å²) in [4.78, 5) is 0.0206. The molecule has 30 heavy (non-hydrogen) atoms. The zero-order chi connectivity index (χ0) is 21.8. The Labute approximate surface area is 175 Å². The standard InChI is InChI=1S/C20H20N2O6S2/c1-27-15-7-11-17(12-8-15)29(23,24)21-19-5-3-4-6-20(19)22-30(25,26)18-13-9-16(28-2)10-14-18/h3-14,21-22H,1-2H3. The molecule has 0 saturated carbocycles. The number of hydrogen-bond donors (Lipinski definition) is 2. The van der Waals surface area contributed by atoms with Gasteiger partial charge in [-0.2, -0.15) is 0 Å². The van der Waals surface area contributed by atoms with Gasteiger partial charge in [0.05, 0.1) is 35.4 Å². The van der Waals surface area contributed by atoms with Gasteiger partial charge in [0.25, 0.3) is 20.0 Å². The van der Waals surface area contributed by atoms with Gasteiger partial charge in [0, 0.05) is 0 Å². The van der Waals surface area contributed by atoms with Gasteiger partial charge in [0.15, 0.2) is 0 Å². The van der Waals surface area contributed by atoms with Crippen LogP contribution in [-0.4, -0.2) is 31.1 Å². The molecule has 0 aromatic heterocycles. The second-order valence-electron chi connectivity index (χ2n) is 6.11. The monoisotopic (exact) mass is 448 g/mol. The lowest BCUT2D eigenvalue weighted by molar-refractivity contribution is 0.414. The molecule has 0 heterocycles. The normalized spacial score (nSPS) is 11.5. The average Bonchev–Trinajstić information content (AvgIpc) is 2.75. The van der Waals surface area contributed by atoms with Crippen molar-refractivity contribution in [2.45, 2.75) is 9.79 Å². The first-order valence-corrected chi connectivity index (χ1v) is 11.6. The van der Waals surface area contributed by atoms with Crippen molar-refractivity contribution in [2.75, 3.05) is 23.7 Å². The average molecular weight is 449 g/mol. The van der Waals surface area contributed by atoms with Crippen LogP contribution in [0.1, 0.15) is 0 Å². The Bertz CT molecular complexity index is 1120. The molecule has 3 aromatic carbocycles. The van der Waals surface area contributed by atoms with E-state index in [-0.39, 0.29) is 21.2 Å². The Morgan fingerprint density at radius 3 is 1.20 bits per heavy atom. The fraction of sp³-hybridized carbons (Fsp3) is 0.100. The van der Waals surface area contributed by atoms with E-state index in [1.54, 1.807) is 12.1 Å². The van der Waals surface area contributed by atoms with E-state index < -0.39 is 20.0 Å². The zero-order valence-corrected chi connectivity index (χ0v) is 17.8. The number of ether oxygens (including phenoxy) is 2. The molecule has 3 aromatic rings. The first kappa shape index (κ1) is 21.5. The van der Waals surface area contributed by atoms with Crippen LogP contribution in [0.3, 0.4) is 0 Å². The van der Waals surface area contributed by atoms with E-state index in [1.807, 2.05) is 0 Å². The number of para-hydroxylation sites is 2. The van der Waals surface area contributed by atoms with Crippen LogP contribution in [0.2, 0.25) is 0 Å². The Balaban J connectivity index is 1.88. The number of methoxy groups -OCH3 is 2. The number of sulfonamides is 2. The molecule has 0 aliphatic heterocycles. The van der Waals surface area contributed by atoms with Crippen molar-refractivity contribution in [3.63, 3.8) is 0 Å². The Morgan fingerprint density at radius 2 is 0.900 bits per heavy atom. The zero-order valence-electron chi connectivity index (χ0n) is 16.2. The third-order valence-corrected chi connectivity index (χ3v) is 6.92. The summed E-state index contributed by atoms with van der Waals surface area (Å²) in [5.41, 5.74) is 0.177. The van der Waals surface area contributed by atoms with Gasteiger partial charge in [-0.05, 0) is 60.7 Å². The summed E-state index contributed by atoms with van der Waals surface area (Å²) in [6, 6.07) is 17.8. The summed E-state index contributed by atoms with van der Waals surface area (Å²) in [5, 5.41) is 0. The molecule has 0 aliphatic rings. The second-order valence-corrected chi connectivity index (χ2v) is 9.47. The molecular weight excluding hydrogens is 428 g/mol. The minimum atomic E-state index is -3.95. The molecule has 158 valence electrons. The van der Waals surface area contributed by atoms with Crippen molar-refractivity contribution in [2.24, 2.45) is 0 Å². The maximum Gasteiger partial charge on any atom is 0.261 e. The molecule has 10 heteroatoms. The Kier molecular flexibility index (Phi) is 6.18. The van der Waals surface area contributed by atoms with Crippen molar-refractivity contribution < 1.29 is 26.3 Å². The number of nitrogens with one attached hydrogen (secondary N) is 2. The molecule has 0 radical (unpaired) electrons. The highest BCUT2D eigenvalue weighted by atomic mass is 32.2. The van der Waals surface area contributed by atoms with E-state index in [0.29, 0.717) is 11.5 Å². The quantitative estimate of drug-likeness (QED) is 0.547. The summed E-state index contributed by atoms with van der Waals surface area (Å²) in [7, 11) is -4.94. The lowest BCUT2D eigenvalue weighted by Crippen LogP contribution is -2.17. The van der Waals surface area contributed by atoms with E-state index >= 15 is 0 Å². The maximum atomic E-state index is 12.7. The minimum Gasteiger partial charge on any atom is -0.497 e. The van der Waals surface area contributed by atoms with Gasteiger partial charge in [-0.3, -0.25) is 9.44 Å². The minimum absolute atomic E-state index is 0.0103. The van der Waals surface area contributed by atoms with Gasteiger partial charge in [-0.25, -0.2) is 16.8 Å².